The highest BCUT2D eigenvalue weighted by molar-refractivity contribution is 6.34. The number of hydrogen-bond acceptors (Lipinski definition) is 2. The normalized spacial score (nSPS) is 13.8. The van der Waals surface area contributed by atoms with Gasteiger partial charge in [-0.15, -0.1) is 0 Å². The number of nitrogens with one attached hydrogen (secondary N) is 2. The van der Waals surface area contributed by atoms with Gasteiger partial charge in [-0.05, 0) is 57.0 Å². The lowest BCUT2D eigenvalue weighted by Crippen LogP contribution is -2.26. The number of anilines is 1. The van der Waals surface area contributed by atoms with Gasteiger partial charge in [0, 0.05) is 24.0 Å². The van der Waals surface area contributed by atoms with Crippen LogP contribution in [-0.2, 0) is 0 Å². The van der Waals surface area contributed by atoms with Crippen LogP contribution in [0.1, 0.15) is 53.6 Å². The van der Waals surface area contributed by atoms with E-state index in [0.29, 0.717) is 22.0 Å². The van der Waals surface area contributed by atoms with Gasteiger partial charge in [-0.25, -0.2) is 0 Å². The van der Waals surface area contributed by atoms with Crippen molar-refractivity contribution in [3.8, 4) is 0 Å². The third-order valence-electron chi connectivity index (χ3n) is 3.95. The fraction of sp³-hybridized carbons (Fsp3) is 0.333. The summed E-state index contributed by atoms with van der Waals surface area (Å²) in [5.41, 5.74) is 1.49. The van der Waals surface area contributed by atoms with Crippen molar-refractivity contribution in [1.29, 1.82) is 0 Å². The smallest absolute Gasteiger partial charge is 0.272 e. The molecule has 0 spiro atoms. The lowest BCUT2D eigenvalue weighted by molar-refractivity contribution is 0.0949. The molecule has 1 aromatic carbocycles. The van der Waals surface area contributed by atoms with Crippen molar-refractivity contribution >= 4 is 29.1 Å². The number of halogens is 1. The molecule has 24 heavy (non-hydrogen) atoms. The second kappa shape index (κ2) is 6.69. The van der Waals surface area contributed by atoms with E-state index < -0.39 is 0 Å². The summed E-state index contributed by atoms with van der Waals surface area (Å²) in [7, 11) is 0. The predicted molar refractivity (Wildman–Crippen MR) is 94.7 cm³/mol. The summed E-state index contributed by atoms with van der Waals surface area (Å²) >= 11 is 6.12. The summed E-state index contributed by atoms with van der Waals surface area (Å²) < 4.78 is 1.89. The first-order valence-electron chi connectivity index (χ1n) is 8.04. The van der Waals surface area contributed by atoms with E-state index in [1.54, 1.807) is 24.3 Å². The molecular weight excluding hydrogens is 326 g/mol. The second-order valence-electron chi connectivity index (χ2n) is 6.29. The summed E-state index contributed by atoms with van der Waals surface area (Å²) in [6.07, 6.45) is 3.88. The van der Waals surface area contributed by atoms with Gasteiger partial charge in [0.25, 0.3) is 11.8 Å². The van der Waals surface area contributed by atoms with Crippen molar-refractivity contribution in [3.63, 3.8) is 0 Å². The largest absolute Gasteiger partial charge is 0.349 e. The number of benzene rings is 1. The maximum Gasteiger partial charge on any atom is 0.272 e. The Morgan fingerprint density at radius 2 is 1.96 bits per heavy atom. The van der Waals surface area contributed by atoms with Crippen LogP contribution in [-0.4, -0.2) is 22.4 Å². The van der Waals surface area contributed by atoms with Crippen LogP contribution in [0.5, 0.6) is 0 Å². The third kappa shape index (κ3) is 3.62. The highest BCUT2D eigenvalue weighted by atomic mass is 35.5. The van der Waals surface area contributed by atoms with Gasteiger partial charge in [-0.1, -0.05) is 11.6 Å². The van der Waals surface area contributed by atoms with Crippen LogP contribution >= 0.6 is 11.6 Å². The van der Waals surface area contributed by atoms with Gasteiger partial charge < -0.3 is 15.2 Å². The lowest BCUT2D eigenvalue weighted by Gasteiger charge is -2.13. The van der Waals surface area contributed by atoms with Crippen LogP contribution < -0.4 is 10.6 Å². The molecule has 1 aliphatic carbocycles. The standard InChI is InChI=1S/C18H20ClN3O2/c1-11(2)22-9-3-4-16(22)18(24)21-13-7-8-15(19)14(10-13)17(23)20-12-5-6-12/h3-4,7-12H,5-6H2,1-2H3,(H,20,23)(H,21,24). The highest BCUT2D eigenvalue weighted by Gasteiger charge is 2.25. The first kappa shape index (κ1) is 16.6. The summed E-state index contributed by atoms with van der Waals surface area (Å²) in [6.45, 7) is 4.03. The van der Waals surface area contributed by atoms with Gasteiger partial charge in [0.15, 0.2) is 0 Å². The van der Waals surface area contributed by atoms with Crippen molar-refractivity contribution in [1.82, 2.24) is 9.88 Å². The molecule has 0 unspecified atom stereocenters. The maximum atomic E-state index is 12.5. The Morgan fingerprint density at radius 1 is 1.21 bits per heavy atom. The first-order chi connectivity index (χ1) is 11.5. The van der Waals surface area contributed by atoms with Gasteiger partial charge in [0.2, 0.25) is 0 Å². The first-order valence-corrected chi connectivity index (χ1v) is 8.42. The molecule has 2 aromatic rings. The Labute approximate surface area is 146 Å². The Hall–Kier alpha value is -2.27. The lowest BCUT2D eigenvalue weighted by atomic mass is 10.1. The Morgan fingerprint density at radius 3 is 2.62 bits per heavy atom. The Balaban J connectivity index is 1.78. The number of nitrogens with zero attached hydrogens (tertiary/aromatic N) is 1. The van der Waals surface area contributed by atoms with Crippen LogP contribution in [0, 0.1) is 0 Å². The average molecular weight is 346 g/mol. The molecule has 5 nitrogen and oxygen atoms in total. The van der Waals surface area contributed by atoms with Crippen LogP contribution in [0.2, 0.25) is 5.02 Å². The summed E-state index contributed by atoms with van der Waals surface area (Å²) in [5.74, 6) is -0.422. The maximum absolute atomic E-state index is 12.5. The van der Waals surface area contributed by atoms with Gasteiger partial charge in [0.1, 0.15) is 5.69 Å². The topological polar surface area (TPSA) is 63.1 Å². The fourth-order valence-corrected chi connectivity index (χ4v) is 2.70. The van der Waals surface area contributed by atoms with Gasteiger partial charge in [0.05, 0.1) is 10.6 Å². The number of rotatable bonds is 5. The quantitative estimate of drug-likeness (QED) is 0.864. The molecular formula is C18H20ClN3O2. The molecule has 6 heteroatoms. The van der Waals surface area contributed by atoms with E-state index in [1.807, 2.05) is 30.7 Å². The van der Waals surface area contributed by atoms with E-state index >= 15 is 0 Å². The predicted octanol–water partition coefficient (Wildman–Crippen LogP) is 3.87. The number of hydrogen-bond donors (Lipinski definition) is 2. The minimum absolute atomic E-state index is 0.186. The monoisotopic (exact) mass is 345 g/mol. The number of carbonyl (C=O) groups is 2. The Bertz CT molecular complexity index is 778. The van der Waals surface area contributed by atoms with Crippen LogP contribution in [0.25, 0.3) is 0 Å². The second-order valence-corrected chi connectivity index (χ2v) is 6.70. The van der Waals surface area contributed by atoms with Crippen molar-refractivity contribution in [2.24, 2.45) is 0 Å². The highest BCUT2D eigenvalue weighted by Crippen LogP contribution is 2.24. The van der Waals surface area contributed by atoms with Crippen molar-refractivity contribution in [2.45, 2.75) is 38.8 Å². The third-order valence-corrected chi connectivity index (χ3v) is 4.28. The van der Waals surface area contributed by atoms with E-state index in [9.17, 15) is 9.59 Å². The molecule has 1 heterocycles. The molecule has 0 radical (unpaired) electrons. The molecule has 0 bridgehead atoms. The molecule has 3 rings (SSSR count). The van der Waals surface area contributed by atoms with Crippen LogP contribution in [0.15, 0.2) is 36.5 Å². The number of carbonyl (C=O) groups excluding carboxylic acids is 2. The Kier molecular flexibility index (Phi) is 4.62. The molecule has 1 fully saturated rings. The molecule has 2 N–H and O–H groups in total. The van der Waals surface area contributed by atoms with E-state index in [-0.39, 0.29) is 23.9 Å². The van der Waals surface area contributed by atoms with Crippen molar-refractivity contribution < 1.29 is 9.59 Å². The zero-order chi connectivity index (χ0) is 17.3. The summed E-state index contributed by atoms with van der Waals surface area (Å²) in [5, 5.41) is 6.11. The molecule has 0 atom stereocenters. The number of aromatic nitrogens is 1. The van der Waals surface area contributed by atoms with Gasteiger partial charge in [-0.2, -0.15) is 0 Å². The SMILES string of the molecule is CC(C)n1cccc1C(=O)Nc1ccc(Cl)c(C(=O)NC2CC2)c1. The minimum Gasteiger partial charge on any atom is -0.349 e. The molecule has 126 valence electrons. The van der Waals surface area contributed by atoms with Gasteiger partial charge in [-0.3, -0.25) is 9.59 Å². The number of amides is 2. The molecule has 2 amide bonds. The van der Waals surface area contributed by atoms with E-state index in [0.717, 1.165) is 12.8 Å². The van der Waals surface area contributed by atoms with E-state index in [2.05, 4.69) is 10.6 Å². The van der Waals surface area contributed by atoms with Gasteiger partial charge >= 0.3 is 0 Å². The van der Waals surface area contributed by atoms with Crippen LogP contribution in [0.3, 0.4) is 0 Å². The average Bonchev–Trinajstić information content (AvgIpc) is 3.20. The molecule has 1 saturated carbocycles. The fourth-order valence-electron chi connectivity index (χ4n) is 2.50. The molecule has 1 aliphatic rings. The van der Waals surface area contributed by atoms with Crippen molar-refractivity contribution in [2.75, 3.05) is 5.32 Å². The van der Waals surface area contributed by atoms with E-state index in [4.69, 9.17) is 11.6 Å². The molecule has 0 aliphatic heterocycles. The minimum atomic E-state index is -0.218. The van der Waals surface area contributed by atoms with Crippen LogP contribution in [0.4, 0.5) is 5.69 Å². The zero-order valence-electron chi connectivity index (χ0n) is 13.7. The van der Waals surface area contributed by atoms with E-state index in [1.165, 1.54) is 0 Å². The summed E-state index contributed by atoms with van der Waals surface area (Å²) in [4.78, 5) is 24.7. The zero-order valence-corrected chi connectivity index (χ0v) is 14.4. The molecule has 1 aromatic heterocycles. The summed E-state index contributed by atoms with van der Waals surface area (Å²) in [6, 6.07) is 8.97. The molecule has 0 saturated heterocycles. The van der Waals surface area contributed by atoms with Crippen molar-refractivity contribution in [3.05, 3.63) is 52.8 Å².